The number of amides is 2. The number of sulfone groups is 1. The van der Waals surface area contributed by atoms with E-state index in [1.165, 1.54) is 0 Å². The second-order valence-corrected chi connectivity index (χ2v) is 10.9. The lowest BCUT2D eigenvalue weighted by atomic mass is 9.91. The van der Waals surface area contributed by atoms with Gasteiger partial charge in [0.2, 0.25) is 0 Å². The van der Waals surface area contributed by atoms with E-state index in [0.29, 0.717) is 40.1 Å². The standard InChI is InChI=1S/C28H26N4O5S/c1-37-21-13-11-18(12-14-21)24-25(23-17-20-9-5-6-10-22(20)27(34)30-23)31-32-28(24)38(35,36)16-15-29-26(33)19-7-3-2-4-8-19/h2-14,23H,15-17H2,1H3,(H,29,33)(H,30,34)(H,31,32). The highest BCUT2D eigenvalue weighted by molar-refractivity contribution is 7.91. The smallest absolute Gasteiger partial charge is 0.252 e. The average Bonchev–Trinajstić information content (AvgIpc) is 3.40. The van der Waals surface area contributed by atoms with Crippen molar-refractivity contribution in [1.82, 2.24) is 20.8 Å². The Labute approximate surface area is 220 Å². The molecule has 38 heavy (non-hydrogen) atoms. The van der Waals surface area contributed by atoms with Crippen LogP contribution in [0.15, 0.2) is 83.9 Å². The third-order valence-electron chi connectivity index (χ3n) is 6.47. The number of aromatic amines is 1. The first kappa shape index (κ1) is 25.2. The Morgan fingerprint density at radius 1 is 1.03 bits per heavy atom. The van der Waals surface area contributed by atoms with Crippen LogP contribution in [0.5, 0.6) is 5.75 Å². The molecular weight excluding hydrogens is 504 g/mol. The van der Waals surface area contributed by atoms with Gasteiger partial charge < -0.3 is 15.4 Å². The fraction of sp³-hybridized carbons (Fsp3) is 0.179. The summed E-state index contributed by atoms with van der Waals surface area (Å²) >= 11 is 0. The number of carbonyl (C=O) groups is 2. The van der Waals surface area contributed by atoms with Crippen LogP contribution in [0.25, 0.3) is 11.1 Å². The molecule has 1 unspecified atom stereocenters. The molecule has 2 heterocycles. The molecule has 3 aromatic carbocycles. The Hall–Kier alpha value is -4.44. The first-order valence-corrected chi connectivity index (χ1v) is 13.7. The number of nitrogens with zero attached hydrogens (tertiary/aromatic N) is 1. The van der Waals surface area contributed by atoms with Crippen molar-refractivity contribution in [3.05, 3.63) is 101 Å². The van der Waals surface area contributed by atoms with Gasteiger partial charge in [-0.15, -0.1) is 0 Å². The summed E-state index contributed by atoms with van der Waals surface area (Å²) in [5, 5.41) is 12.6. The van der Waals surface area contributed by atoms with Gasteiger partial charge in [-0.3, -0.25) is 14.7 Å². The monoisotopic (exact) mass is 530 g/mol. The minimum absolute atomic E-state index is 0.0894. The van der Waals surface area contributed by atoms with Crippen molar-refractivity contribution >= 4 is 21.7 Å². The molecule has 0 radical (unpaired) electrons. The van der Waals surface area contributed by atoms with Gasteiger partial charge in [-0.1, -0.05) is 48.5 Å². The lowest BCUT2D eigenvalue weighted by Crippen LogP contribution is -2.35. The zero-order chi connectivity index (χ0) is 26.7. The quantitative estimate of drug-likeness (QED) is 0.320. The highest BCUT2D eigenvalue weighted by Gasteiger charge is 2.33. The molecule has 0 fully saturated rings. The molecule has 3 N–H and O–H groups in total. The van der Waals surface area contributed by atoms with E-state index in [1.54, 1.807) is 73.8 Å². The molecule has 194 valence electrons. The van der Waals surface area contributed by atoms with Crippen LogP contribution >= 0.6 is 0 Å². The number of H-pyrrole nitrogens is 1. The molecule has 4 aromatic rings. The normalized spacial score (nSPS) is 14.9. The molecule has 0 saturated carbocycles. The number of fused-ring (bicyclic) bond motifs is 1. The fourth-order valence-electron chi connectivity index (χ4n) is 4.54. The van der Waals surface area contributed by atoms with E-state index < -0.39 is 15.9 Å². The maximum absolute atomic E-state index is 13.5. The second kappa shape index (κ2) is 10.5. The molecule has 1 aliphatic heterocycles. The van der Waals surface area contributed by atoms with Crippen LogP contribution in [-0.4, -0.2) is 49.8 Å². The highest BCUT2D eigenvalue weighted by Crippen LogP contribution is 2.36. The summed E-state index contributed by atoms with van der Waals surface area (Å²) in [5.74, 6) is -0.326. The number of ether oxygens (including phenoxy) is 1. The van der Waals surface area contributed by atoms with Crippen molar-refractivity contribution < 1.29 is 22.7 Å². The van der Waals surface area contributed by atoms with Crippen LogP contribution in [-0.2, 0) is 16.3 Å². The molecule has 0 spiro atoms. The van der Waals surface area contributed by atoms with Gasteiger partial charge >= 0.3 is 0 Å². The van der Waals surface area contributed by atoms with Gasteiger partial charge in [-0.25, -0.2) is 8.42 Å². The number of methoxy groups -OCH3 is 1. The largest absolute Gasteiger partial charge is 0.497 e. The van der Waals surface area contributed by atoms with E-state index in [0.717, 1.165) is 5.56 Å². The molecule has 1 aliphatic rings. The number of carbonyl (C=O) groups excluding carboxylic acids is 2. The molecule has 0 aliphatic carbocycles. The summed E-state index contributed by atoms with van der Waals surface area (Å²) < 4.78 is 32.2. The first-order valence-electron chi connectivity index (χ1n) is 12.0. The molecule has 10 heteroatoms. The predicted octanol–water partition coefficient (Wildman–Crippen LogP) is 3.32. The van der Waals surface area contributed by atoms with Gasteiger partial charge in [0.05, 0.1) is 24.6 Å². The van der Waals surface area contributed by atoms with E-state index in [2.05, 4.69) is 20.8 Å². The molecular formula is C28H26N4O5S. The van der Waals surface area contributed by atoms with Crippen LogP contribution < -0.4 is 15.4 Å². The maximum atomic E-state index is 13.5. The summed E-state index contributed by atoms with van der Waals surface area (Å²) in [6.07, 6.45) is 0.472. The van der Waals surface area contributed by atoms with Crippen LogP contribution in [0.4, 0.5) is 0 Å². The van der Waals surface area contributed by atoms with Gasteiger partial charge in [0.1, 0.15) is 5.75 Å². The van der Waals surface area contributed by atoms with Crippen LogP contribution in [0, 0.1) is 0 Å². The first-order chi connectivity index (χ1) is 18.4. The van der Waals surface area contributed by atoms with Crippen molar-refractivity contribution in [2.24, 2.45) is 0 Å². The SMILES string of the molecule is COc1ccc(-c2c(S(=O)(=O)CCNC(=O)c3ccccc3)n[nH]c2C2Cc3ccccc3C(=O)N2)cc1. The number of rotatable bonds is 8. The highest BCUT2D eigenvalue weighted by atomic mass is 32.2. The topological polar surface area (TPSA) is 130 Å². The summed E-state index contributed by atoms with van der Waals surface area (Å²) in [6, 6.07) is 22.4. The van der Waals surface area contributed by atoms with Crippen molar-refractivity contribution in [2.75, 3.05) is 19.4 Å². The van der Waals surface area contributed by atoms with Crippen molar-refractivity contribution in [3.63, 3.8) is 0 Å². The third-order valence-corrected chi connectivity index (χ3v) is 8.09. The van der Waals surface area contributed by atoms with E-state index in [4.69, 9.17) is 4.74 Å². The molecule has 1 atom stereocenters. The summed E-state index contributed by atoms with van der Waals surface area (Å²) in [7, 11) is -2.38. The minimum atomic E-state index is -3.93. The van der Waals surface area contributed by atoms with E-state index in [-0.39, 0.29) is 29.1 Å². The second-order valence-electron chi connectivity index (χ2n) is 8.87. The van der Waals surface area contributed by atoms with E-state index in [1.807, 2.05) is 12.1 Å². The Kier molecular flexibility index (Phi) is 6.97. The summed E-state index contributed by atoms with van der Waals surface area (Å²) in [6.45, 7) is -0.0894. The molecule has 9 nitrogen and oxygen atoms in total. The van der Waals surface area contributed by atoms with Crippen LogP contribution in [0.2, 0.25) is 0 Å². The van der Waals surface area contributed by atoms with E-state index in [9.17, 15) is 18.0 Å². The Bertz CT molecular complexity index is 1580. The lowest BCUT2D eigenvalue weighted by Gasteiger charge is -2.25. The van der Waals surface area contributed by atoms with Crippen molar-refractivity contribution in [2.45, 2.75) is 17.5 Å². The van der Waals surface area contributed by atoms with Gasteiger partial charge in [0.15, 0.2) is 14.9 Å². The zero-order valence-corrected chi connectivity index (χ0v) is 21.4. The maximum Gasteiger partial charge on any atom is 0.252 e. The van der Waals surface area contributed by atoms with Gasteiger partial charge in [-0.2, -0.15) is 5.10 Å². The Morgan fingerprint density at radius 3 is 2.47 bits per heavy atom. The van der Waals surface area contributed by atoms with Gasteiger partial charge in [0, 0.05) is 23.2 Å². The average molecular weight is 531 g/mol. The van der Waals surface area contributed by atoms with Crippen LogP contribution in [0.3, 0.4) is 0 Å². The number of benzene rings is 3. The zero-order valence-electron chi connectivity index (χ0n) is 20.6. The third kappa shape index (κ3) is 5.03. The molecule has 2 amide bonds. The summed E-state index contributed by atoms with van der Waals surface area (Å²) in [4.78, 5) is 25.2. The Balaban J connectivity index is 1.46. The fourth-order valence-corrected chi connectivity index (χ4v) is 5.83. The minimum Gasteiger partial charge on any atom is -0.497 e. The van der Waals surface area contributed by atoms with Gasteiger partial charge in [-0.05, 0) is 47.9 Å². The molecule has 1 aromatic heterocycles. The van der Waals surface area contributed by atoms with E-state index >= 15 is 0 Å². The molecule has 0 bridgehead atoms. The number of aromatic nitrogens is 2. The Morgan fingerprint density at radius 2 is 1.74 bits per heavy atom. The number of hydrogen-bond acceptors (Lipinski definition) is 6. The molecule has 0 saturated heterocycles. The van der Waals surface area contributed by atoms with Gasteiger partial charge in [0.25, 0.3) is 11.8 Å². The summed E-state index contributed by atoms with van der Waals surface area (Å²) in [5.41, 5.74) is 3.38. The lowest BCUT2D eigenvalue weighted by molar-refractivity contribution is 0.0922. The predicted molar refractivity (Wildman–Crippen MR) is 142 cm³/mol. The van der Waals surface area contributed by atoms with Crippen molar-refractivity contribution in [1.29, 1.82) is 0 Å². The number of hydrogen-bond donors (Lipinski definition) is 3. The molecule has 5 rings (SSSR count). The number of nitrogens with one attached hydrogen (secondary N) is 3. The van der Waals surface area contributed by atoms with Crippen LogP contribution in [0.1, 0.15) is 38.0 Å². The van der Waals surface area contributed by atoms with Crippen molar-refractivity contribution in [3.8, 4) is 16.9 Å².